The number of pyridine rings is 1. The minimum absolute atomic E-state index is 0.312. The Balaban J connectivity index is 1.32. The molecule has 0 saturated carbocycles. The smallest absolute Gasteiger partial charge is 0.306 e. The molecule has 0 bridgehead atoms. The summed E-state index contributed by atoms with van der Waals surface area (Å²) in [5, 5.41) is 12.2. The zero-order valence-corrected chi connectivity index (χ0v) is 17.6. The van der Waals surface area contributed by atoms with Crippen molar-refractivity contribution in [3.8, 4) is 11.1 Å². The van der Waals surface area contributed by atoms with E-state index in [1.165, 1.54) is 21.9 Å². The zero-order valence-electron chi connectivity index (χ0n) is 17.6. The molecular weight excluding hydrogens is 382 g/mol. The number of aryl methyl sites for hydroxylation is 2. The van der Waals surface area contributed by atoms with Gasteiger partial charge in [-0.05, 0) is 71.2 Å². The monoisotopic (exact) mass is 409 g/mol. The van der Waals surface area contributed by atoms with Gasteiger partial charge in [0.25, 0.3) is 0 Å². The molecule has 0 radical (unpaired) electrons. The Morgan fingerprint density at radius 3 is 2.39 bits per heavy atom. The summed E-state index contributed by atoms with van der Waals surface area (Å²) in [6, 6.07) is 27.1. The molecule has 0 saturated heterocycles. The summed E-state index contributed by atoms with van der Waals surface area (Å²) in [6.45, 7) is 0. The van der Waals surface area contributed by atoms with E-state index in [9.17, 15) is 9.90 Å². The number of carbonyl (C=O) groups is 1. The maximum atomic E-state index is 11.8. The van der Waals surface area contributed by atoms with Crippen LogP contribution in [0.4, 0.5) is 0 Å². The average Bonchev–Trinajstić information content (AvgIpc) is 2.82. The second-order valence-corrected chi connectivity index (χ2v) is 8.04. The molecule has 3 aromatic carbocycles. The summed E-state index contributed by atoms with van der Waals surface area (Å²) in [4.78, 5) is 16.0. The standard InChI is InChI=1S/C28H27NO2/c30-28(31)25(10-4-9-24-8-3-7-23-6-1-2-12-27(23)24)18-15-21-13-16-22(17-14-21)26-11-5-19-29-20-26/h1-3,5-8,11-14,16-17,19-20,25H,4,9-10,15,18H2,(H,30,31). The average molecular weight is 410 g/mol. The number of benzene rings is 3. The largest absolute Gasteiger partial charge is 0.481 e. The molecule has 0 fully saturated rings. The van der Waals surface area contributed by atoms with Crippen LogP contribution in [-0.2, 0) is 17.6 Å². The highest BCUT2D eigenvalue weighted by atomic mass is 16.4. The van der Waals surface area contributed by atoms with Crippen LogP contribution in [0, 0.1) is 5.92 Å². The number of aromatic nitrogens is 1. The van der Waals surface area contributed by atoms with Crippen molar-refractivity contribution in [3.05, 3.63) is 102 Å². The van der Waals surface area contributed by atoms with Crippen LogP contribution in [0.1, 0.15) is 30.4 Å². The maximum absolute atomic E-state index is 11.8. The van der Waals surface area contributed by atoms with E-state index in [0.717, 1.165) is 30.4 Å². The molecule has 3 nitrogen and oxygen atoms in total. The van der Waals surface area contributed by atoms with E-state index in [-0.39, 0.29) is 5.92 Å². The van der Waals surface area contributed by atoms with Gasteiger partial charge in [-0.25, -0.2) is 0 Å². The van der Waals surface area contributed by atoms with Gasteiger partial charge >= 0.3 is 5.97 Å². The van der Waals surface area contributed by atoms with Crippen LogP contribution in [0.25, 0.3) is 21.9 Å². The minimum atomic E-state index is -0.690. The van der Waals surface area contributed by atoms with Crippen molar-refractivity contribution in [1.29, 1.82) is 0 Å². The molecule has 31 heavy (non-hydrogen) atoms. The van der Waals surface area contributed by atoms with E-state index in [1.54, 1.807) is 6.20 Å². The first-order valence-electron chi connectivity index (χ1n) is 10.9. The van der Waals surface area contributed by atoms with Crippen LogP contribution in [0.2, 0.25) is 0 Å². The molecular formula is C28H27NO2. The molecule has 0 spiro atoms. The Kier molecular flexibility index (Phi) is 6.73. The van der Waals surface area contributed by atoms with E-state index in [2.05, 4.69) is 71.7 Å². The van der Waals surface area contributed by atoms with Crippen LogP contribution in [-0.4, -0.2) is 16.1 Å². The number of rotatable bonds is 9. The number of hydrogen-bond donors (Lipinski definition) is 1. The molecule has 1 atom stereocenters. The van der Waals surface area contributed by atoms with Crippen molar-refractivity contribution in [1.82, 2.24) is 4.98 Å². The summed E-state index contributed by atoms with van der Waals surface area (Å²) < 4.78 is 0. The minimum Gasteiger partial charge on any atom is -0.481 e. The second kappa shape index (κ2) is 10.0. The number of fused-ring (bicyclic) bond motifs is 1. The predicted octanol–water partition coefficient (Wildman–Crippen LogP) is 6.56. The molecule has 0 aliphatic rings. The SMILES string of the molecule is O=C(O)C(CCCc1cccc2ccccc12)CCc1ccc(-c2cccnc2)cc1. The molecule has 4 rings (SSSR count). The number of aliphatic carboxylic acids is 1. The van der Waals surface area contributed by atoms with Crippen molar-refractivity contribution < 1.29 is 9.90 Å². The molecule has 1 unspecified atom stereocenters. The van der Waals surface area contributed by atoms with Gasteiger partial charge < -0.3 is 5.11 Å². The lowest BCUT2D eigenvalue weighted by Gasteiger charge is -2.13. The fourth-order valence-electron chi connectivity index (χ4n) is 4.18. The Morgan fingerprint density at radius 1 is 0.806 bits per heavy atom. The van der Waals surface area contributed by atoms with Gasteiger partial charge in [0.15, 0.2) is 0 Å². The Labute approximate surface area is 183 Å². The molecule has 0 aliphatic heterocycles. The van der Waals surface area contributed by atoms with Crippen molar-refractivity contribution in [2.75, 3.05) is 0 Å². The van der Waals surface area contributed by atoms with Crippen LogP contribution < -0.4 is 0 Å². The summed E-state index contributed by atoms with van der Waals surface area (Å²) in [5.41, 5.74) is 4.69. The Morgan fingerprint density at radius 2 is 1.61 bits per heavy atom. The van der Waals surface area contributed by atoms with Crippen molar-refractivity contribution in [3.63, 3.8) is 0 Å². The van der Waals surface area contributed by atoms with Gasteiger partial charge in [0, 0.05) is 12.4 Å². The number of nitrogens with zero attached hydrogens (tertiary/aromatic N) is 1. The quantitative estimate of drug-likeness (QED) is 0.341. The summed E-state index contributed by atoms with van der Waals surface area (Å²) >= 11 is 0. The predicted molar refractivity (Wildman–Crippen MR) is 126 cm³/mol. The van der Waals surface area contributed by atoms with Crippen molar-refractivity contribution >= 4 is 16.7 Å². The van der Waals surface area contributed by atoms with Gasteiger partial charge in [0.05, 0.1) is 5.92 Å². The van der Waals surface area contributed by atoms with Crippen LogP contribution in [0.5, 0.6) is 0 Å². The first kappa shape index (κ1) is 20.8. The summed E-state index contributed by atoms with van der Waals surface area (Å²) in [7, 11) is 0. The van der Waals surface area contributed by atoms with Crippen molar-refractivity contribution in [2.24, 2.45) is 5.92 Å². The van der Waals surface area contributed by atoms with Gasteiger partial charge in [0.2, 0.25) is 0 Å². The lowest BCUT2D eigenvalue weighted by molar-refractivity contribution is -0.142. The molecule has 0 aliphatic carbocycles. The van der Waals surface area contributed by atoms with E-state index < -0.39 is 5.97 Å². The summed E-state index contributed by atoms with van der Waals surface area (Å²) in [6.07, 6.45) is 7.55. The Hall–Kier alpha value is -3.46. The number of hydrogen-bond acceptors (Lipinski definition) is 2. The Bertz CT molecular complexity index is 1130. The van der Waals surface area contributed by atoms with E-state index in [1.807, 2.05) is 18.3 Å². The second-order valence-electron chi connectivity index (χ2n) is 8.04. The first-order valence-corrected chi connectivity index (χ1v) is 10.9. The van der Waals surface area contributed by atoms with Crippen LogP contribution >= 0.6 is 0 Å². The molecule has 0 amide bonds. The van der Waals surface area contributed by atoms with Crippen LogP contribution in [0.15, 0.2) is 91.3 Å². The highest BCUT2D eigenvalue weighted by Gasteiger charge is 2.17. The molecule has 1 aromatic heterocycles. The summed E-state index contributed by atoms with van der Waals surface area (Å²) in [5.74, 6) is -1.00. The molecule has 1 N–H and O–H groups in total. The molecule has 156 valence electrons. The van der Waals surface area contributed by atoms with E-state index in [4.69, 9.17) is 0 Å². The number of carboxylic acids is 1. The third-order valence-electron chi connectivity index (χ3n) is 5.96. The fraction of sp³-hybridized carbons (Fsp3) is 0.214. The highest BCUT2D eigenvalue weighted by molar-refractivity contribution is 5.85. The molecule has 1 heterocycles. The maximum Gasteiger partial charge on any atom is 0.306 e. The van der Waals surface area contributed by atoms with Gasteiger partial charge in [0.1, 0.15) is 0 Å². The third kappa shape index (κ3) is 5.37. The van der Waals surface area contributed by atoms with E-state index >= 15 is 0 Å². The zero-order chi connectivity index (χ0) is 21.5. The van der Waals surface area contributed by atoms with Gasteiger partial charge in [-0.3, -0.25) is 9.78 Å². The van der Waals surface area contributed by atoms with Crippen LogP contribution in [0.3, 0.4) is 0 Å². The molecule has 4 aromatic rings. The fourth-order valence-corrected chi connectivity index (χ4v) is 4.18. The third-order valence-corrected chi connectivity index (χ3v) is 5.96. The lowest BCUT2D eigenvalue weighted by atomic mass is 9.92. The van der Waals surface area contributed by atoms with Crippen molar-refractivity contribution in [2.45, 2.75) is 32.1 Å². The van der Waals surface area contributed by atoms with E-state index in [0.29, 0.717) is 12.8 Å². The van der Waals surface area contributed by atoms with Gasteiger partial charge in [-0.2, -0.15) is 0 Å². The molecule has 3 heteroatoms. The number of carboxylic acid groups (broad SMARTS) is 1. The lowest BCUT2D eigenvalue weighted by Crippen LogP contribution is -2.15. The van der Waals surface area contributed by atoms with Gasteiger partial charge in [-0.1, -0.05) is 72.8 Å². The topological polar surface area (TPSA) is 50.2 Å². The van der Waals surface area contributed by atoms with Gasteiger partial charge in [-0.15, -0.1) is 0 Å². The first-order chi connectivity index (χ1) is 15.2. The highest BCUT2D eigenvalue weighted by Crippen LogP contribution is 2.23. The normalized spacial score (nSPS) is 12.0.